The Morgan fingerprint density at radius 3 is 1.77 bits per heavy atom. The van der Waals surface area contributed by atoms with Gasteiger partial charge in [0.25, 0.3) is 5.91 Å². The monoisotopic (exact) mass is 495 g/mol. The van der Waals surface area contributed by atoms with E-state index in [4.69, 9.17) is 4.74 Å². The van der Waals surface area contributed by atoms with Crippen LogP contribution in [0.25, 0.3) is 0 Å². The lowest BCUT2D eigenvalue weighted by molar-refractivity contribution is -0.145. The van der Waals surface area contributed by atoms with Gasteiger partial charge in [-0.05, 0) is 32.4 Å². The SMILES string of the molecule is CCCCCCCCCCCCCCCCCC(=O)OCC(C)(C)NC(=O)c1ccc(F)cc1F. The van der Waals surface area contributed by atoms with Crippen molar-refractivity contribution in [2.24, 2.45) is 0 Å². The van der Waals surface area contributed by atoms with E-state index in [-0.39, 0.29) is 18.1 Å². The molecule has 0 unspecified atom stereocenters. The fraction of sp³-hybridized carbons (Fsp3) is 0.724. The number of amides is 1. The van der Waals surface area contributed by atoms with Gasteiger partial charge in [0.05, 0.1) is 11.1 Å². The average Bonchev–Trinajstić information content (AvgIpc) is 2.80. The number of carbonyl (C=O) groups is 2. The molecule has 0 atom stereocenters. The quantitative estimate of drug-likeness (QED) is 0.146. The number of halogens is 2. The first-order valence-corrected chi connectivity index (χ1v) is 13.7. The molecular weight excluding hydrogens is 448 g/mol. The highest BCUT2D eigenvalue weighted by atomic mass is 19.1. The number of unbranched alkanes of at least 4 members (excludes halogenated alkanes) is 14. The first-order valence-electron chi connectivity index (χ1n) is 13.7. The summed E-state index contributed by atoms with van der Waals surface area (Å²) in [5.41, 5.74) is -1.12. The van der Waals surface area contributed by atoms with E-state index in [1.165, 1.54) is 77.0 Å². The van der Waals surface area contributed by atoms with Crippen LogP contribution in [-0.2, 0) is 9.53 Å². The number of hydrogen-bond acceptors (Lipinski definition) is 3. The molecule has 0 bridgehead atoms. The van der Waals surface area contributed by atoms with Crippen LogP contribution in [0.4, 0.5) is 8.78 Å². The molecule has 0 aliphatic heterocycles. The van der Waals surface area contributed by atoms with Crippen LogP contribution in [0.15, 0.2) is 18.2 Å². The third-order valence-corrected chi connectivity index (χ3v) is 6.21. The number of nitrogens with one attached hydrogen (secondary N) is 1. The van der Waals surface area contributed by atoms with Crippen molar-refractivity contribution < 1.29 is 23.1 Å². The van der Waals surface area contributed by atoms with Crippen LogP contribution in [0.2, 0.25) is 0 Å². The van der Waals surface area contributed by atoms with Crippen molar-refractivity contribution in [2.45, 2.75) is 129 Å². The summed E-state index contributed by atoms with van der Waals surface area (Å²) in [4.78, 5) is 24.3. The zero-order valence-corrected chi connectivity index (χ0v) is 22.2. The summed E-state index contributed by atoms with van der Waals surface area (Å²) >= 11 is 0. The van der Waals surface area contributed by atoms with Crippen molar-refractivity contribution in [3.63, 3.8) is 0 Å². The van der Waals surface area contributed by atoms with Crippen LogP contribution in [0.1, 0.15) is 134 Å². The maximum absolute atomic E-state index is 13.8. The average molecular weight is 496 g/mol. The largest absolute Gasteiger partial charge is 0.463 e. The van der Waals surface area contributed by atoms with Crippen LogP contribution in [-0.4, -0.2) is 24.0 Å². The lowest BCUT2D eigenvalue weighted by Crippen LogP contribution is -2.47. The summed E-state index contributed by atoms with van der Waals surface area (Å²) in [5, 5.41) is 2.63. The van der Waals surface area contributed by atoms with E-state index in [9.17, 15) is 18.4 Å². The Labute approximate surface area is 211 Å². The van der Waals surface area contributed by atoms with Gasteiger partial charge in [-0.2, -0.15) is 0 Å². The molecule has 1 aromatic carbocycles. The van der Waals surface area contributed by atoms with Crippen LogP contribution in [0.5, 0.6) is 0 Å². The van der Waals surface area contributed by atoms with Gasteiger partial charge in [0.15, 0.2) is 0 Å². The lowest BCUT2D eigenvalue weighted by Gasteiger charge is -2.26. The molecule has 0 fully saturated rings. The topological polar surface area (TPSA) is 55.4 Å². The summed E-state index contributed by atoms with van der Waals surface area (Å²) in [6.45, 7) is 5.62. The van der Waals surface area contributed by atoms with Gasteiger partial charge in [-0.15, -0.1) is 0 Å². The molecule has 1 rings (SSSR count). The van der Waals surface area contributed by atoms with Crippen molar-refractivity contribution in [2.75, 3.05) is 6.61 Å². The highest BCUT2D eigenvalue weighted by molar-refractivity contribution is 5.94. The number of hydrogen-bond donors (Lipinski definition) is 1. The molecule has 200 valence electrons. The van der Waals surface area contributed by atoms with Crippen molar-refractivity contribution in [1.82, 2.24) is 5.32 Å². The predicted molar refractivity (Wildman–Crippen MR) is 138 cm³/mol. The normalized spacial score (nSPS) is 11.5. The number of esters is 1. The highest BCUT2D eigenvalue weighted by Gasteiger charge is 2.24. The Kier molecular flexibility index (Phi) is 16.2. The van der Waals surface area contributed by atoms with Gasteiger partial charge in [-0.3, -0.25) is 9.59 Å². The summed E-state index contributed by atoms with van der Waals surface area (Å²) in [6.07, 6.45) is 19.4. The van der Waals surface area contributed by atoms with Crippen LogP contribution < -0.4 is 5.32 Å². The highest BCUT2D eigenvalue weighted by Crippen LogP contribution is 2.15. The minimum atomic E-state index is -0.927. The Morgan fingerprint density at radius 1 is 0.800 bits per heavy atom. The number of ether oxygens (including phenoxy) is 1. The Morgan fingerprint density at radius 2 is 1.29 bits per heavy atom. The fourth-order valence-corrected chi connectivity index (χ4v) is 4.06. The van der Waals surface area contributed by atoms with Crippen LogP contribution >= 0.6 is 0 Å². The standard InChI is InChI=1S/C29H47F2NO3/c1-4-5-6-7-8-9-10-11-12-13-14-15-16-17-18-19-27(33)35-23-29(2,3)32-28(34)25-21-20-24(30)22-26(25)31/h20-22H,4-19,23H2,1-3H3,(H,32,34). The molecule has 0 aliphatic carbocycles. The van der Waals surface area contributed by atoms with Crippen molar-refractivity contribution >= 4 is 11.9 Å². The molecule has 0 radical (unpaired) electrons. The molecule has 1 aromatic rings. The zero-order valence-electron chi connectivity index (χ0n) is 22.2. The summed E-state index contributed by atoms with van der Waals surface area (Å²) < 4.78 is 32.1. The molecule has 0 aromatic heterocycles. The lowest BCUT2D eigenvalue weighted by atomic mass is 10.0. The summed E-state index contributed by atoms with van der Waals surface area (Å²) in [5.74, 6) is -2.64. The number of benzene rings is 1. The van der Waals surface area contributed by atoms with Crippen LogP contribution in [0.3, 0.4) is 0 Å². The van der Waals surface area contributed by atoms with Gasteiger partial charge in [0.1, 0.15) is 18.2 Å². The van der Waals surface area contributed by atoms with Crippen molar-refractivity contribution in [3.8, 4) is 0 Å². The van der Waals surface area contributed by atoms with Crippen LogP contribution in [0, 0.1) is 11.6 Å². The van der Waals surface area contributed by atoms with Crippen molar-refractivity contribution in [1.29, 1.82) is 0 Å². The van der Waals surface area contributed by atoms with E-state index >= 15 is 0 Å². The predicted octanol–water partition coefficient (Wildman–Crippen LogP) is 8.28. The van der Waals surface area contributed by atoms with E-state index in [1.54, 1.807) is 13.8 Å². The smallest absolute Gasteiger partial charge is 0.305 e. The molecule has 6 heteroatoms. The molecule has 0 heterocycles. The van der Waals surface area contributed by atoms with E-state index < -0.39 is 23.1 Å². The Balaban J connectivity index is 2.02. The molecule has 4 nitrogen and oxygen atoms in total. The Hall–Kier alpha value is -1.98. The maximum Gasteiger partial charge on any atom is 0.305 e. The Bertz CT molecular complexity index is 737. The first kappa shape index (κ1) is 31.1. The first-order chi connectivity index (χ1) is 16.7. The van der Waals surface area contributed by atoms with E-state index in [0.29, 0.717) is 12.5 Å². The van der Waals surface area contributed by atoms with E-state index in [0.717, 1.165) is 31.4 Å². The second kappa shape index (κ2) is 18.3. The van der Waals surface area contributed by atoms with Gasteiger partial charge in [0, 0.05) is 12.5 Å². The van der Waals surface area contributed by atoms with Gasteiger partial charge < -0.3 is 10.1 Å². The fourth-order valence-electron chi connectivity index (χ4n) is 4.06. The summed E-state index contributed by atoms with van der Waals surface area (Å²) in [7, 11) is 0. The second-order valence-electron chi connectivity index (χ2n) is 10.3. The molecule has 0 saturated heterocycles. The van der Waals surface area contributed by atoms with Gasteiger partial charge >= 0.3 is 5.97 Å². The van der Waals surface area contributed by atoms with Gasteiger partial charge in [-0.25, -0.2) is 8.78 Å². The molecule has 0 aliphatic rings. The van der Waals surface area contributed by atoms with Crippen molar-refractivity contribution in [3.05, 3.63) is 35.4 Å². The zero-order chi connectivity index (χ0) is 25.9. The second-order valence-corrected chi connectivity index (χ2v) is 10.3. The maximum atomic E-state index is 13.8. The molecule has 0 spiro atoms. The number of rotatable bonds is 20. The number of carbonyl (C=O) groups excluding carboxylic acids is 2. The molecule has 1 N–H and O–H groups in total. The van der Waals surface area contributed by atoms with Gasteiger partial charge in [0.2, 0.25) is 0 Å². The minimum Gasteiger partial charge on any atom is -0.463 e. The summed E-state index contributed by atoms with van der Waals surface area (Å²) in [6, 6.07) is 2.79. The minimum absolute atomic E-state index is 0.0148. The van der Waals surface area contributed by atoms with E-state index in [2.05, 4.69) is 12.2 Å². The molecular formula is C29H47F2NO3. The molecule has 35 heavy (non-hydrogen) atoms. The molecule has 0 saturated carbocycles. The van der Waals surface area contributed by atoms with Gasteiger partial charge in [-0.1, -0.05) is 96.8 Å². The third-order valence-electron chi connectivity index (χ3n) is 6.21. The third kappa shape index (κ3) is 15.6. The van der Waals surface area contributed by atoms with E-state index in [1.807, 2.05) is 0 Å². The molecule has 1 amide bonds.